The van der Waals surface area contributed by atoms with Crippen LogP contribution in [-0.2, 0) is 0 Å². The number of unbranched alkanes of at least 4 members (excludes halogenated alkanes) is 16. The molecule has 0 bridgehead atoms. The molecule has 0 unspecified atom stereocenters. The molecule has 31 heavy (non-hydrogen) atoms. The average Bonchev–Trinajstić information content (AvgIpc) is 2.71. The third kappa shape index (κ3) is 16.3. The molecule has 0 saturated carbocycles. The monoisotopic (exact) mass is 437 g/mol. The maximum Gasteiger partial charge on any atom is 0.0158 e. The van der Waals surface area contributed by atoms with Crippen molar-refractivity contribution in [1.29, 1.82) is 0 Å². The Morgan fingerprint density at radius 1 is 0.387 bits per heavy atom. The van der Waals surface area contributed by atoms with Crippen LogP contribution in [0.25, 0.3) is 0 Å². The van der Waals surface area contributed by atoms with E-state index < -0.39 is 0 Å². The Balaban J connectivity index is 4.06. The minimum atomic E-state index is 0.318. The second-order valence-electron chi connectivity index (χ2n) is 11.5. The molecule has 0 aliphatic heterocycles. The van der Waals surface area contributed by atoms with E-state index in [-0.39, 0.29) is 0 Å². The first-order chi connectivity index (χ1) is 14.8. The summed E-state index contributed by atoms with van der Waals surface area (Å²) < 4.78 is 0. The number of rotatable bonds is 23. The van der Waals surface area contributed by atoms with Gasteiger partial charge in [-0.1, -0.05) is 136 Å². The van der Waals surface area contributed by atoms with E-state index in [9.17, 15) is 0 Å². The van der Waals surface area contributed by atoms with Crippen molar-refractivity contribution in [3.8, 4) is 0 Å². The highest BCUT2D eigenvalue weighted by molar-refractivity contribution is 4.91. The second kappa shape index (κ2) is 19.4. The van der Waals surface area contributed by atoms with Gasteiger partial charge in [0.2, 0.25) is 0 Å². The molecule has 0 saturated heterocycles. The van der Waals surface area contributed by atoms with E-state index in [1.165, 1.54) is 135 Å². The number of nitrogens with zero attached hydrogens (tertiary/aromatic N) is 1. The van der Waals surface area contributed by atoms with E-state index in [2.05, 4.69) is 53.4 Å². The van der Waals surface area contributed by atoms with Crippen LogP contribution in [0.5, 0.6) is 0 Å². The summed E-state index contributed by atoms with van der Waals surface area (Å²) in [5.74, 6) is 0. The van der Waals surface area contributed by atoms with Crippen molar-refractivity contribution in [2.24, 2.45) is 0 Å². The average molecular weight is 438 g/mol. The van der Waals surface area contributed by atoms with Gasteiger partial charge in [0, 0.05) is 11.1 Å². The maximum atomic E-state index is 2.81. The van der Waals surface area contributed by atoms with Crippen LogP contribution >= 0.6 is 0 Å². The molecule has 0 radical (unpaired) electrons. The highest BCUT2D eigenvalue weighted by atomic mass is 15.2. The fourth-order valence-electron chi connectivity index (χ4n) is 5.68. The fraction of sp³-hybridized carbons (Fsp3) is 1.00. The van der Waals surface area contributed by atoms with E-state index in [1.54, 1.807) is 0 Å². The van der Waals surface area contributed by atoms with Crippen LogP contribution in [0.4, 0.5) is 0 Å². The molecule has 0 aliphatic carbocycles. The van der Waals surface area contributed by atoms with Crippen molar-refractivity contribution >= 4 is 0 Å². The molecule has 0 fully saturated rings. The third-order valence-electron chi connectivity index (χ3n) is 7.56. The van der Waals surface area contributed by atoms with Gasteiger partial charge in [-0.15, -0.1) is 0 Å². The van der Waals surface area contributed by atoms with Crippen LogP contribution in [0.1, 0.15) is 177 Å². The molecule has 0 rings (SSSR count). The second-order valence-corrected chi connectivity index (χ2v) is 11.5. The highest BCUT2D eigenvalue weighted by Crippen LogP contribution is 2.33. The molecule has 0 heterocycles. The van der Waals surface area contributed by atoms with Gasteiger partial charge >= 0.3 is 0 Å². The fourth-order valence-corrected chi connectivity index (χ4v) is 5.68. The van der Waals surface area contributed by atoms with Gasteiger partial charge in [-0.3, -0.25) is 4.90 Å². The lowest BCUT2D eigenvalue weighted by Gasteiger charge is -2.49. The zero-order valence-electron chi connectivity index (χ0n) is 23.3. The SMILES string of the molecule is CCCCCCCCCCCC(C)(C)N(CC)C(C)(C)CCCCCCCCCCC. The van der Waals surface area contributed by atoms with E-state index in [0.29, 0.717) is 11.1 Å². The van der Waals surface area contributed by atoms with Gasteiger partial charge < -0.3 is 0 Å². The third-order valence-corrected chi connectivity index (χ3v) is 7.56. The highest BCUT2D eigenvalue weighted by Gasteiger charge is 2.35. The maximum absolute atomic E-state index is 2.81. The van der Waals surface area contributed by atoms with Crippen molar-refractivity contribution in [1.82, 2.24) is 4.90 Å². The number of hydrogen-bond acceptors (Lipinski definition) is 1. The Morgan fingerprint density at radius 2 is 0.645 bits per heavy atom. The van der Waals surface area contributed by atoms with Crippen molar-refractivity contribution < 1.29 is 0 Å². The molecular formula is C30H63N. The molecule has 188 valence electrons. The first kappa shape index (κ1) is 31.0. The first-order valence-corrected chi connectivity index (χ1v) is 14.6. The minimum Gasteiger partial charge on any atom is -0.293 e. The Bertz CT molecular complexity index is 337. The zero-order valence-corrected chi connectivity index (χ0v) is 23.3. The summed E-state index contributed by atoms with van der Waals surface area (Å²) in [7, 11) is 0. The topological polar surface area (TPSA) is 3.24 Å². The van der Waals surface area contributed by atoms with Crippen LogP contribution in [-0.4, -0.2) is 22.5 Å². The smallest absolute Gasteiger partial charge is 0.0158 e. The Hall–Kier alpha value is -0.0400. The predicted molar refractivity (Wildman–Crippen MR) is 144 cm³/mol. The van der Waals surface area contributed by atoms with Crippen LogP contribution in [0, 0.1) is 0 Å². The predicted octanol–water partition coefficient (Wildman–Crippen LogP) is 10.7. The van der Waals surface area contributed by atoms with Gasteiger partial charge in [0.1, 0.15) is 0 Å². The van der Waals surface area contributed by atoms with Gasteiger partial charge in [0.15, 0.2) is 0 Å². The van der Waals surface area contributed by atoms with E-state index >= 15 is 0 Å². The van der Waals surface area contributed by atoms with Crippen LogP contribution in [0.15, 0.2) is 0 Å². The molecule has 0 aromatic heterocycles. The summed E-state index contributed by atoms with van der Waals surface area (Å²) in [4.78, 5) is 2.81. The van der Waals surface area contributed by atoms with Crippen LogP contribution < -0.4 is 0 Å². The van der Waals surface area contributed by atoms with Crippen molar-refractivity contribution in [3.63, 3.8) is 0 Å². The Labute approximate surface area is 199 Å². The largest absolute Gasteiger partial charge is 0.293 e. The molecule has 0 aromatic rings. The molecule has 0 aromatic carbocycles. The summed E-state index contributed by atoms with van der Waals surface area (Å²) in [5, 5.41) is 0. The minimum absolute atomic E-state index is 0.318. The molecule has 0 spiro atoms. The summed E-state index contributed by atoms with van der Waals surface area (Å²) in [6.45, 7) is 18.2. The van der Waals surface area contributed by atoms with Gasteiger partial charge in [0.05, 0.1) is 0 Å². The molecule has 1 nitrogen and oxygen atoms in total. The van der Waals surface area contributed by atoms with Crippen molar-refractivity contribution in [2.45, 2.75) is 188 Å². The van der Waals surface area contributed by atoms with Gasteiger partial charge in [-0.2, -0.15) is 0 Å². The van der Waals surface area contributed by atoms with Crippen molar-refractivity contribution in [2.75, 3.05) is 6.54 Å². The van der Waals surface area contributed by atoms with Gasteiger partial charge in [-0.25, -0.2) is 0 Å². The summed E-state index contributed by atoms with van der Waals surface area (Å²) in [6, 6.07) is 0. The molecular weight excluding hydrogens is 374 g/mol. The molecule has 0 amide bonds. The van der Waals surface area contributed by atoms with E-state index in [1.807, 2.05) is 0 Å². The molecule has 1 heteroatoms. The lowest BCUT2D eigenvalue weighted by atomic mass is 9.85. The summed E-state index contributed by atoms with van der Waals surface area (Å²) in [6.07, 6.45) is 28.4. The standard InChI is InChI=1S/C30H63N/c1-8-11-13-15-17-19-21-23-25-27-29(4,5)31(10-3)30(6,7)28-26-24-22-20-18-16-14-12-9-2/h8-28H2,1-7H3. The molecule has 0 N–H and O–H groups in total. The quantitative estimate of drug-likeness (QED) is 0.144. The normalized spacial score (nSPS) is 12.8. The first-order valence-electron chi connectivity index (χ1n) is 14.6. The summed E-state index contributed by atoms with van der Waals surface area (Å²) in [5.41, 5.74) is 0.636. The lowest BCUT2D eigenvalue weighted by molar-refractivity contribution is 0.00815. The Kier molecular flexibility index (Phi) is 19.4. The van der Waals surface area contributed by atoms with E-state index in [4.69, 9.17) is 0 Å². The molecule has 0 atom stereocenters. The van der Waals surface area contributed by atoms with Crippen LogP contribution in [0.3, 0.4) is 0 Å². The summed E-state index contributed by atoms with van der Waals surface area (Å²) >= 11 is 0. The number of hydrogen-bond donors (Lipinski definition) is 0. The van der Waals surface area contributed by atoms with Gasteiger partial charge in [-0.05, 0) is 47.1 Å². The molecule has 0 aliphatic rings. The van der Waals surface area contributed by atoms with Gasteiger partial charge in [0.25, 0.3) is 0 Å². The van der Waals surface area contributed by atoms with E-state index in [0.717, 1.165) is 0 Å². The Morgan fingerprint density at radius 3 is 0.903 bits per heavy atom. The van der Waals surface area contributed by atoms with Crippen LogP contribution in [0.2, 0.25) is 0 Å². The zero-order chi connectivity index (χ0) is 23.4. The van der Waals surface area contributed by atoms with Crippen molar-refractivity contribution in [3.05, 3.63) is 0 Å². The lowest BCUT2D eigenvalue weighted by Crippen LogP contribution is -2.55.